The smallest absolute Gasteiger partial charge is 0.419 e. The maximum atomic E-state index is 13.1. The van der Waals surface area contributed by atoms with Crippen LogP contribution in [0.5, 0.6) is 0 Å². The number of aliphatic carboxylic acids is 1. The first kappa shape index (κ1) is 24.5. The van der Waals surface area contributed by atoms with E-state index >= 15 is 0 Å². The number of carbonyl (C=O) groups excluding carboxylic acids is 1. The Morgan fingerprint density at radius 3 is 2.14 bits per heavy atom. The second-order valence-electron chi connectivity index (χ2n) is 8.92. The lowest BCUT2D eigenvalue weighted by atomic mass is 9.93. The fourth-order valence-corrected chi connectivity index (χ4v) is 4.75. The molecule has 0 unspecified atom stereocenters. The quantitative estimate of drug-likeness (QED) is 0.277. The van der Waals surface area contributed by atoms with E-state index in [4.69, 9.17) is 16.3 Å². The molecule has 186 valence electrons. The number of carboxylic acid groups (broad SMARTS) is 1. The maximum absolute atomic E-state index is 13.1. The van der Waals surface area contributed by atoms with Gasteiger partial charge in [-0.1, -0.05) is 72.3 Å². The highest BCUT2D eigenvalue weighted by Gasteiger charge is 2.51. The van der Waals surface area contributed by atoms with Crippen LogP contribution in [-0.4, -0.2) is 28.8 Å². The Morgan fingerprint density at radius 2 is 1.54 bits per heavy atom. The fraction of sp³-hybridized carbons (Fsp3) is 0.167. The summed E-state index contributed by atoms with van der Waals surface area (Å²) in [5.74, 6) is -0.759. The molecule has 0 atom stereocenters. The molecule has 0 radical (unpaired) electrons. The van der Waals surface area contributed by atoms with Crippen LogP contribution < -0.4 is 4.90 Å². The Bertz CT molecular complexity index is 1450. The number of rotatable bonds is 7. The topological polar surface area (TPSA) is 79.7 Å². The van der Waals surface area contributed by atoms with Crippen LogP contribution in [0, 0.1) is 0 Å². The highest BCUT2D eigenvalue weighted by molar-refractivity contribution is 6.34. The molecule has 1 fully saturated rings. The highest BCUT2D eigenvalue weighted by atomic mass is 35.5. The Balaban J connectivity index is 1.48. The van der Waals surface area contributed by atoms with Gasteiger partial charge in [0.05, 0.1) is 28.4 Å². The number of pyridine rings is 1. The van der Waals surface area contributed by atoms with Crippen molar-refractivity contribution >= 4 is 35.0 Å². The molecule has 7 heteroatoms. The monoisotopic (exact) mass is 512 g/mol. The third-order valence-electron chi connectivity index (χ3n) is 6.71. The molecule has 1 aliphatic rings. The van der Waals surface area contributed by atoms with Gasteiger partial charge in [0.2, 0.25) is 0 Å². The number of nitrogens with zero attached hydrogens (tertiary/aromatic N) is 2. The number of hydrogen-bond donors (Lipinski definition) is 1. The number of para-hydroxylation sites is 1. The normalized spacial score (nSPS) is 13.6. The number of aromatic nitrogens is 1. The second-order valence-corrected chi connectivity index (χ2v) is 9.33. The molecule has 37 heavy (non-hydrogen) atoms. The molecular weight excluding hydrogens is 488 g/mol. The first-order valence-corrected chi connectivity index (χ1v) is 12.4. The Kier molecular flexibility index (Phi) is 6.68. The summed E-state index contributed by atoms with van der Waals surface area (Å²) >= 11 is 6.46. The number of anilines is 2. The molecule has 0 aliphatic heterocycles. The summed E-state index contributed by atoms with van der Waals surface area (Å²) in [6, 6.07) is 24.6. The number of halogens is 1. The minimum Gasteiger partial charge on any atom is -0.481 e. The molecule has 1 saturated carbocycles. The van der Waals surface area contributed by atoms with Crippen molar-refractivity contribution in [3.8, 4) is 22.3 Å². The average molecular weight is 513 g/mol. The van der Waals surface area contributed by atoms with Crippen molar-refractivity contribution in [2.75, 3.05) is 11.5 Å². The third kappa shape index (κ3) is 4.68. The summed E-state index contributed by atoms with van der Waals surface area (Å²) < 4.78 is 5.36. The van der Waals surface area contributed by atoms with Crippen molar-refractivity contribution in [1.82, 2.24) is 4.98 Å². The molecule has 1 aromatic heterocycles. The summed E-state index contributed by atoms with van der Waals surface area (Å²) in [6.45, 7) is 1.98. The molecule has 1 aliphatic carbocycles. The molecule has 4 aromatic rings. The van der Waals surface area contributed by atoms with E-state index in [1.54, 1.807) is 43.6 Å². The molecule has 5 rings (SSSR count). The molecule has 1 heterocycles. The number of benzene rings is 3. The minimum absolute atomic E-state index is 0.223. The number of carbonyl (C=O) groups is 2. The highest BCUT2D eigenvalue weighted by Crippen LogP contribution is 2.48. The zero-order chi connectivity index (χ0) is 26.0. The van der Waals surface area contributed by atoms with Crippen LogP contribution in [0.15, 0.2) is 91.3 Å². The Morgan fingerprint density at radius 1 is 0.919 bits per heavy atom. The van der Waals surface area contributed by atoms with Gasteiger partial charge in [0.25, 0.3) is 0 Å². The van der Waals surface area contributed by atoms with Crippen LogP contribution >= 0.6 is 11.6 Å². The van der Waals surface area contributed by atoms with Crippen molar-refractivity contribution in [2.45, 2.75) is 25.2 Å². The van der Waals surface area contributed by atoms with Crippen LogP contribution in [0.4, 0.5) is 16.2 Å². The van der Waals surface area contributed by atoms with E-state index < -0.39 is 17.5 Å². The van der Waals surface area contributed by atoms with Crippen LogP contribution in [0.1, 0.15) is 25.3 Å². The van der Waals surface area contributed by atoms with Gasteiger partial charge in [-0.15, -0.1) is 0 Å². The van der Waals surface area contributed by atoms with E-state index in [0.717, 1.165) is 27.8 Å². The van der Waals surface area contributed by atoms with Gasteiger partial charge in [-0.05, 0) is 60.2 Å². The number of carboxylic acids is 1. The van der Waals surface area contributed by atoms with Gasteiger partial charge in [-0.2, -0.15) is 0 Å². The molecule has 0 bridgehead atoms. The SMILES string of the molecule is CCOC(=O)N(c1ccccc1Cl)c1ccncc1-c1ccc(-c2ccc(C3(C(=O)O)CC3)cc2)cc1. The first-order chi connectivity index (χ1) is 17.9. The lowest BCUT2D eigenvalue weighted by molar-refractivity contribution is -0.140. The third-order valence-corrected chi connectivity index (χ3v) is 7.03. The van der Waals surface area contributed by atoms with Crippen LogP contribution in [-0.2, 0) is 14.9 Å². The van der Waals surface area contributed by atoms with Gasteiger partial charge in [-0.3, -0.25) is 9.78 Å². The van der Waals surface area contributed by atoms with Crippen molar-refractivity contribution in [3.05, 3.63) is 102 Å². The van der Waals surface area contributed by atoms with E-state index in [2.05, 4.69) is 4.98 Å². The maximum Gasteiger partial charge on any atom is 0.419 e. The second kappa shape index (κ2) is 10.1. The number of ether oxygens (including phenoxy) is 1. The summed E-state index contributed by atoms with van der Waals surface area (Å²) in [7, 11) is 0. The molecule has 0 spiro atoms. The van der Waals surface area contributed by atoms with Gasteiger partial charge < -0.3 is 9.84 Å². The predicted molar refractivity (Wildman–Crippen MR) is 144 cm³/mol. The predicted octanol–water partition coefficient (Wildman–Crippen LogP) is 7.48. The Hall–Kier alpha value is -4.16. The standard InChI is InChI=1S/C30H25ClN2O4/c1-2-37-29(36)33(27-6-4-3-5-25(27)31)26-15-18-32-19-24(26)22-9-7-20(8-10-22)21-11-13-23(14-12-21)30(16-17-30)28(34)35/h3-15,18-19H,2,16-17H2,1H3,(H,34,35). The van der Waals surface area contributed by atoms with Crippen LogP contribution in [0.2, 0.25) is 5.02 Å². The van der Waals surface area contributed by atoms with Crippen LogP contribution in [0.25, 0.3) is 22.3 Å². The van der Waals surface area contributed by atoms with Gasteiger partial charge in [0.1, 0.15) is 0 Å². The lowest BCUT2D eigenvalue weighted by Gasteiger charge is -2.25. The van der Waals surface area contributed by atoms with Crippen molar-refractivity contribution in [2.24, 2.45) is 0 Å². The van der Waals surface area contributed by atoms with Crippen LogP contribution in [0.3, 0.4) is 0 Å². The van der Waals surface area contributed by atoms with E-state index in [-0.39, 0.29) is 6.61 Å². The van der Waals surface area contributed by atoms with E-state index in [1.807, 2.05) is 54.6 Å². The van der Waals surface area contributed by atoms with E-state index in [1.165, 1.54) is 4.90 Å². The molecule has 1 amide bonds. The first-order valence-electron chi connectivity index (χ1n) is 12.0. The molecule has 6 nitrogen and oxygen atoms in total. The number of amides is 1. The summed E-state index contributed by atoms with van der Waals surface area (Å²) in [5.41, 5.74) is 4.84. The van der Waals surface area contributed by atoms with Gasteiger partial charge in [0.15, 0.2) is 0 Å². The summed E-state index contributed by atoms with van der Waals surface area (Å²) in [5, 5.41) is 9.98. The van der Waals surface area contributed by atoms with Gasteiger partial charge in [0, 0.05) is 18.0 Å². The lowest BCUT2D eigenvalue weighted by Crippen LogP contribution is -2.27. The summed E-state index contributed by atoms with van der Waals surface area (Å²) in [6.07, 6.45) is 4.17. The fourth-order valence-electron chi connectivity index (χ4n) is 4.53. The Labute approximate surface area is 220 Å². The van der Waals surface area contributed by atoms with E-state index in [0.29, 0.717) is 29.2 Å². The molecule has 1 N–H and O–H groups in total. The number of hydrogen-bond acceptors (Lipinski definition) is 4. The zero-order valence-electron chi connectivity index (χ0n) is 20.2. The van der Waals surface area contributed by atoms with Gasteiger partial charge >= 0.3 is 12.1 Å². The minimum atomic E-state index is -0.759. The van der Waals surface area contributed by atoms with Crippen molar-refractivity contribution in [1.29, 1.82) is 0 Å². The summed E-state index contributed by atoms with van der Waals surface area (Å²) in [4.78, 5) is 30.4. The zero-order valence-corrected chi connectivity index (χ0v) is 21.0. The van der Waals surface area contributed by atoms with E-state index in [9.17, 15) is 14.7 Å². The van der Waals surface area contributed by atoms with Gasteiger partial charge in [-0.25, -0.2) is 9.69 Å². The van der Waals surface area contributed by atoms with Crippen molar-refractivity contribution < 1.29 is 19.4 Å². The average Bonchev–Trinajstić information content (AvgIpc) is 3.73. The molecule has 0 saturated heterocycles. The largest absolute Gasteiger partial charge is 0.481 e. The van der Waals surface area contributed by atoms with Crippen molar-refractivity contribution in [3.63, 3.8) is 0 Å². The molecule has 3 aromatic carbocycles. The molecular formula is C30H25ClN2O4.